The van der Waals surface area contributed by atoms with E-state index in [1.807, 2.05) is 6.08 Å². The third kappa shape index (κ3) is 3.91. The Hall–Kier alpha value is -1.99. The summed E-state index contributed by atoms with van der Waals surface area (Å²) in [6.07, 6.45) is 5.35. The van der Waals surface area contributed by atoms with Crippen molar-refractivity contribution < 1.29 is 18.0 Å². The van der Waals surface area contributed by atoms with E-state index in [9.17, 15) is 18.0 Å². The summed E-state index contributed by atoms with van der Waals surface area (Å²) < 4.78 is 39.2. The van der Waals surface area contributed by atoms with E-state index in [0.29, 0.717) is 25.9 Å². The fourth-order valence-corrected chi connectivity index (χ4v) is 3.21. The van der Waals surface area contributed by atoms with Crippen LogP contribution in [0.15, 0.2) is 24.4 Å². The molecular formula is C16H21F3N4O. The first-order chi connectivity index (χ1) is 11.4. The van der Waals surface area contributed by atoms with E-state index in [4.69, 9.17) is 0 Å². The van der Waals surface area contributed by atoms with Crippen molar-refractivity contribution in [1.29, 1.82) is 0 Å². The van der Waals surface area contributed by atoms with E-state index in [-0.39, 0.29) is 18.1 Å². The average Bonchev–Trinajstić information content (AvgIpc) is 3.06. The van der Waals surface area contributed by atoms with Gasteiger partial charge in [-0.05, 0) is 38.2 Å². The van der Waals surface area contributed by atoms with E-state index < -0.39 is 11.9 Å². The van der Waals surface area contributed by atoms with Crippen LogP contribution in [-0.4, -0.2) is 39.8 Å². The van der Waals surface area contributed by atoms with Crippen molar-refractivity contribution in [2.24, 2.45) is 0 Å². The van der Waals surface area contributed by atoms with Crippen LogP contribution < -0.4 is 5.32 Å². The van der Waals surface area contributed by atoms with Gasteiger partial charge in [-0.3, -0.25) is 4.68 Å². The molecule has 1 fully saturated rings. The minimum absolute atomic E-state index is 0.0874. The van der Waals surface area contributed by atoms with Gasteiger partial charge in [-0.2, -0.15) is 18.3 Å². The monoisotopic (exact) mass is 342 g/mol. The quantitative estimate of drug-likeness (QED) is 0.838. The molecular weight excluding hydrogens is 321 g/mol. The highest BCUT2D eigenvalue weighted by Gasteiger charge is 2.34. The molecule has 3 rings (SSSR count). The summed E-state index contributed by atoms with van der Waals surface area (Å²) in [5.74, 6) is 0. The van der Waals surface area contributed by atoms with Crippen molar-refractivity contribution in [2.45, 2.75) is 50.4 Å². The first-order valence-electron chi connectivity index (χ1n) is 8.28. The number of rotatable bonds is 2. The van der Waals surface area contributed by atoms with Crippen LogP contribution in [-0.2, 0) is 6.18 Å². The predicted octanol–water partition coefficient (Wildman–Crippen LogP) is 3.36. The molecule has 1 N–H and O–H groups in total. The Bertz CT molecular complexity index is 603. The lowest BCUT2D eigenvalue weighted by molar-refractivity contribution is -0.141. The Morgan fingerprint density at radius 2 is 2.00 bits per heavy atom. The highest BCUT2D eigenvalue weighted by atomic mass is 19.4. The van der Waals surface area contributed by atoms with Crippen molar-refractivity contribution in [3.63, 3.8) is 0 Å². The highest BCUT2D eigenvalue weighted by Crippen LogP contribution is 2.29. The normalized spacial score (nSPS) is 22.6. The number of alkyl halides is 3. The van der Waals surface area contributed by atoms with Gasteiger partial charge < -0.3 is 10.2 Å². The molecule has 1 atom stereocenters. The second-order valence-electron chi connectivity index (χ2n) is 6.31. The number of piperidine rings is 1. The van der Waals surface area contributed by atoms with Crippen LogP contribution >= 0.6 is 0 Å². The van der Waals surface area contributed by atoms with Crippen LogP contribution in [0.3, 0.4) is 0 Å². The summed E-state index contributed by atoms with van der Waals surface area (Å²) in [5.41, 5.74) is -0.869. The number of urea groups is 1. The first kappa shape index (κ1) is 16.9. The molecule has 5 nitrogen and oxygen atoms in total. The zero-order chi connectivity index (χ0) is 17.2. The number of hydrogen-bond donors (Lipinski definition) is 1. The molecule has 132 valence electrons. The van der Waals surface area contributed by atoms with Gasteiger partial charge in [0.2, 0.25) is 0 Å². The molecule has 1 aromatic heterocycles. The number of aromatic nitrogens is 2. The minimum atomic E-state index is -4.42. The molecule has 1 aromatic rings. The smallest absolute Gasteiger partial charge is 0.332 e. The van der Waals surface area contributed by atoms with E-state index in [2.05, 4.69) is 16.5 Å². The number of amides is 2. The maximum Gasteiger partial charge on any atom is 0.435 e. The van der Waals surface area contributed by atoms with E-state index in [1.54, 1.807) is 4.90 Å². The fraction of sp³-hybridized carbons (Fsp3) is 0.625. The van der Waals surface area contributed by atoms with Gasteiger partial charge in [-0.1, -0.05) is 12.2 Å². The van der Waals surface area contributed by atoms with E-state index >= 15 is 0 Å². The maximum absolute atomic E-state index is 12.6. The fourth-order valence-electron chi connectivity index (χ4n) is 3.21. The lowest BCUT2D eigenvalue weighted by atomic mass is 10.0. The molecule has 1 aliphatic heterocycles. The lowest BCUT2D eigenvalue weighted by Crippen LogP contribution is -2.47. The Balaban J connectivity index is 1.52. The molecule has 1 aliphatic carbocycles. The number of likely N-dealkylation sites (tertiary alicyclic amines) is 1. The zero-order valence-corrected chi connectivity index (χ0v) is 13.3. The van der Waals surface area contributed by atoms with Crippen LogP contribution in [0.5, 0.6) is 0 Å². The second-order valence-corrected chi connectivity index (χ2v) is 6.31. The lowest BCUT2D eigenvalue weighted by Gasteiger charge is -2.33. The molecule has 1 saturated heterocycles. The summed E-state index contributed by atoms with van der Waals surface area (Å²) >= 11 is 0. The Morgan fingerprint density at radius 1 is 1.25 bits per heavy atom. The third-order valence-corrected chi connectivity index (χ3v) is 4.59. The van der Waals surface area contributed by atoms with Gasteiger partial charge in [-0.25, -0.2) is 4.79 Å². The number of nitrogens with zero attached hydrogens (tertiary/aromatic N) is 3. The van der Waals surface area contributed by atoms with Crippen LogP contribution in [0.1, 0.15) is 43.8 Å². The molecule has 8 heteroatoms. The molecule has 2 aliphatic rings. The number of carbonyl (C=O) groups is 1. The SMILES string of the molecule is O=C(N[C@@H]1C=CCCC1)N1CCC(n2ccc(C(F)(F)F)n2)CC1. The van der Waals surface area contributed by atoms with Gasteiger partial charge in [0.15, 0.2) is 5.69 Å². The molecule has 0 spiro atoms. The maximum atomic E-state index is 12.6. The number of hydrogen-bond acceptors (Lipinski definition) is 2. The Kier molecular flexibility index (Phi) is 4.82. The van der Waals surface area contributed by atoms with Crippen molar-refractivity contribution >= 4 is 6.03 Å². The summed E-state index contributed by atoms with van der Waals surface area (Å²) in [6.45, 7) is 1.04. The minimum Gasteiger partial charge on any atom is -0.332 e. The molecule has 0 bridgehead atoms. The van der Waals surface area contributed by atoms with Crippen molar-refractivity contribution in [2.75, 3.05) is 13.1 Å². The van der Waals surface area contributed by atoms with E-state index in [1.165, 1.54) is 10.9 Å². The molecule has 24 heavy (non-hydrogen) atoms. The van der Waals surface area contributed by atoms with Crippen LogP contribution in [0.4, 0.5) is 18.0 Å². The molecule has 0 radical (unpaired) electrons. The number of carbonyl (C=O) groups excluding carboxylic acids is 1. The van der Waals surface area contributed by atoms with Crippen molar-refractivity contribution in [3.05, 3.63) is 30.1 Å². The predicted molar refractivity (Wildman–Crippen MR) is 82.4 cm³/mol. The second kappa shape index (κ2) is 6.86. The molecule has 2 heterocycles. The van der Waals surface area contributed by atoms with Gasteiger partial charge in [0.05, 0.1) is 6.04 Å². The molecule has 2 amide bonds. The standard InChI is InChI=1S/C16H21F3N4O/c17-16(18,19)14-8-11-23(21-14)13-6-9-22(10-7-13)15(24)20-12-4-2-1-3-5-12/h2,4,8,11-13H,1,3,5-7,9-10H2,(H,20,24)/t12-/m1/s1. The molecule has 0 unspecified atom stereocenters. The largest absolute Gasteiger partial charge is 0.435 e. The van der Waals surface area contributed by atoms with Gasteiger partial charge >= 0.3 is 12.2 Å². The topological polar surface area (TPSA) is 50.2 Å². The number of nitrogens with one attached hydrogen (secondary N) is 1. The van der Waals surface area contributed by atoms with Crippen molar-refractivity contribution in [3.8, 4) is 0 Å². The van der Waals surface area contributed by atoms with E-state index in [0.717, 1.165) is 25.3 Å². The summed E-state index contributed by atoms with van der Waals surface area (Å²) in [7, 11) is 0. The van der Waals surface area contributed by atoms with Gasteiger partial charge in [0, 0.05) is 25.3 Å². The third-order valence-electron chi connectivity index (χ3n) is 4.59. The van der Waals surface area contributed by atoms with Gasteiger partial charge in [0.25, 0.3) is 0 Å². The summed E-state index contributed by atoms with van der Waals surface area (Å²) in [6, 6.07) is 0.889. The summed E-state index contributed by atoms with van der Waals surface area (Å²) in [4.78, 5) is 14.0. The number of halogens is 3. The van der Waals surface area contributed by atoms with Gasteiger partial charge in [0.1, 0.15) is 0 Å². The van der Waals surface area contributed by atoms with Crippen LogP contribution in [0.25, 0.3) is 0 Å². The Labute approximate surface area is 138 Å². The van der Waals surface area contributed by atoms with Gasteiger partial charge in [-0.15, -0.1) is 0 Å². The zero-order valence-electron chi connectivity index (χ0n) is 13.3. The average molecular weight is 342 g/mol. The number of allylic oxidation sites excluding steroid dienone is 1. The molecule has 0 aromatic carbocycles. The molecule has 0 saturated carbocycles. The van der Waals surface area contributed by atoms with Crippen molar-refractivity contribution in [1.82, 2.24) is 20.0 Å². The van der Waals surface area contributed by atoms with Crippen LogP contribution in [0, 0.1) is 0 Å². The van der Waals surface area contributed by atoms with Crippen LogP contribution in [0.2, 0.25) is 0 Å². The Morgan fingerprint density at radius 3 is 2.58 bits per heavy atom. The summed E-state index contributed by atoms with van der Waals surface area (Å²) in [5, 5.41) is 6.63. The highest BCUT2D eigenvalue weighted by molar-refractivity contribution is 5.74. The first-order valence-corrected chi connectivity index (χ1v) is 8.28.